The molecule has 0 saturated carbocycles. The molecule has 161 valence electrons. The van der Waals surface area contributed by atoms with Crippen molar-refractivity contribution in [2.24, 2.45) is 0 Å². The van der Waals surface area contributed by atoms with Crippen LogP contribution in [0, 0.1) is 0 Å². The van der Waals surface area contributed by atoms with Crippen molar-refractivity contribution in [3.8, 4) is 0 Å². The van der Waals surface area contributed by atoms with Crippen LogP contribution in [0.15, 0.2) is 121 Å². The third kappa shape index (κ3) is 6.51. The molecule has 4 aromatic carbocycles. The van der Waals surface area contributed by atoms with Gasteiger partial charge in [0, 0.05) is 0 Å². The number of hydrogen-bond acceptors (Lipinski definition) is 0. The van der Waals surface area contributed by atoms with Crippen molar-refractivity contribution in [2.45, 2.75) is 11.0 Å². The molecule has 0 saturated heterocycles. The second-order valence-electron chi connectivity index (χ2n) is 7.05. The van der Waals surface area contributed by atoms with Gasteiger partial charge in [0.1, 0.15) is 0 Å². The van der Waals surface area contributed by atoms with Crippen LogP contribution in [0.1, 0.15) is 6.42 Å². The first-order valence-electron chi connectivity index (χ1n) is 10.2. The summed E-state index contributed by atoms with van der Waals surface area (Å²) in [5.41, 5.74) is 0. The third-order valence-electron chi connectivity index (χ3n) is 5.04. The monoisotopic (exact) mass is 505 g/mol. The summed E-state index contributed by atoms with van der Waals surface area (Å²) < 4.78 is 0.252. The zero-order chi connectivity index (χ0) is 20.6. The first-order valence-corrected chi connectivity index (χ1v) is 13.7. The van der Waals surface area contributed by atoms with E-state index in [1.165, 1.54) is 21.2 Å². The Morgan fingerprint density at radius 2 is 0.839 bits per heavy atom. The van der Waals surface area contributed by atoms with E-state index in [9.17, 15) is 0 Å². The van der Waals surface area contributed by atoms with E-state index in [1.54, 1.807) is 0 Å². The van der Waals surface area contributed by atoms with Crippen molar-refractivity contribution in [2.75, 3.05) is 6.16 Å². The summed E-state index contributed by atoms with van der Waals surface area (Å²) in [7, 11) is -0.932. The molecule has 0 nitrogen and oxygen atoms in total. The van der Waals surface area contributed by atoms with Crippen molar-refractivity contribution >= 4 is 49.5 Å². The molecule has 0 N–H and O–H groups in total. The van der Waals surface area contributed by atoms with Crippen LogP contribution in [-0.2, 0) is 15.5 Å². The molecule has 4 aromatic rings. The Bertz CT molecular complexity index is 935. The second-order valence-corrected chi connectivity index (χ2v) is 12.9. The van der Waals surface area contributed by atoms with Crippen LogP contribution in [0.2, 0.25) is 0 Å². The average molecular weight is 507 g/mol. The van der Waals surface area contributed by atoms with Gasteiger partial charge in [0.25, 0.3) is 0 Å². The molecule has 0 heterocycles. The predicted octanol–water partition coefficient (Wildman–Crippen LogP) is 5.94. The Kier molecular flexibility index (Phi) is 9.77. The third-order valence-corrected chi connectivity index (χ3v) is 11.1. The van der Waals surface area contributed by atoms with Gasteiger partial charge in [0.15, 0.2) is 0 Å². The van der Waals surface area contributed by atoms with Crippen molar-refractivity contribution < 1.29 is 15.5 Å². The molecule has 4 rings (SSSR count). The van der Waals surface area contributed by atoms with Gasteiger partial charge in [-0.05, 0) is 0 Å². The van der Waals surface area contributed by atoms with Gasteiger partial charge in [-0.1, -0.05) is 0 Å². The SMILES string of the molecule is Cl.[Ni][CH](CCP(c1ccccc1)c1ccccc1)P(c1ccccc1)c1ccccc1. The van der Waals surface area contributed by atoms with Gasteiger partial charge in [0.05, 0.1) is 0 Å². The number of hydrogen-bond donors (Lipinski definition) is 0. The summed E-state index contributed by atoms with van der Waals surface area (Å²) in [6.45, 7) is 0. The van der Waals surface area contributed by atoms with Crippen molar-refractivity contribution in [1.29, 1.82) is 0 Å². The molecular weight excluding hydrogens is 480 g/mol. The van der Waals surface area contributed by atoms with Gasteiger partial charge in [-0.3, -0.25) is 0 Å². The summed E-state index contributed by atoms with van der Waals surface area (Å²) in [6.07, 6.45) is 2.19. The molecular formula is C27H26ClNiP2. The maximum atomic E-state index is 5.81. The zero-order valence-corrected chi connectivity index (χ0v) is 20.8. The normalized spacial score (nSPS) is 11.9. The van der Waals surface area contributed by atoms with Gasteiger partial charge in [-0.25, -0.2) is 0 Å². The molecule has 0 aromatic heterocycles. The van der Waals surface area contributed by atoms with Gasteiger partial charge in [-0.15, -0.1) is 12.4 Å². The van der Waals surface area contributed by atoms with Crippen LogP contribution < -0.4 is 21.2 Å². The van der Waals surface area contributed by atoms with E-state index in [0.29, 0.717) is 0 Å². The van der Waals surface area contributed by atoms with E-state index in [0.717, 1.165) is 12.6 Å². The number of benzene rings is 4. The standard InChI is InChI=1S/C27H25P2.ClH.Ni/c1-5-14-24(15-6-1)28(25-16-7-2-8-17-25)22-13-23-29(26-18-9-3-10-19-26)27-20-11-4-12-21-27;;/h1-12,14-22H,13,23H2;1H;. The first kappa shape index (κ1) is 24.2. The molecule has 0 aliphatic heterocycles. The van der Waals surface area contributed by atoms with E-state index in [4.69, 9.17) is 15.5 Å². The van der Waals surface area contributed by atoms with Crippen LogP contribution in [0.4, 0.5) is 0 Å². The fourth-order valence-electron chi connectivity index (χ4n) is 3.61. The molecule has 0 aliphatic carbocycles. The number of rotatable bonds is 8. The van der Waals surface area contributed by atoms with E-state index >= 15 is 0 Å². The van der Waals surface area contributed by atoms with Crippen molar-refractivity contribution in [3.05, 3.63) is 121 Å². The van der Waals surface area contributed by atoms with E-state index in [1.807, 2.05) is 0 Å². The molecule has 0 bridgehead atoms. The summed E-state index contributed by atoms with van der Waals surface area (Å²) in [5, 5.41) is 5.65. The predicted molar refractivity (Wildman–Crippen MR) is 139 cm³/mol. The van der Waals surface area contributed by atoms with Gasteiger partial charge in [0.2, 0.25) is 0 Å². The fraction of sp³-hybridized carbons (Fsp3) is 0.111. The number of halogens is 1. The minimum absolute atomic E-state index is 0. The van der Waals surface area contributed by atoms with Crippen molar-refractivity contribution in [1.82, 2.24) is 0 Å². The van der Waals surface area contributed by atoms with Crippen LogP contribution in [0.25, 0.3) is 0 Å². The molecule has 0 radical (unpaired) electrons. The van der Waals surface area contributed by atoms with Gasteiger partial charge < -0.3 is 0 Å². The van der Waals surface area contributed by atoms with Crippen LogP contribution in [-0.4, -0.2) is 10.8 Å². The molecule has 1 unspecified atom stereocenters. The molecule has 4 heteroatoms. The van der Waals surface area contributed by atoms with Crippen LogP contribution in [0.3, 0.4) is 0 Å². The molecule has 1 atom stereocenters. The summed E-state index contributed by atoms with van der Waals surface area (Å²) in [4.78, 5) is 0. The second kappa shape index (κ2) is 12.5. The molecule has 0 spiro atoms. The van der Waals surface area contributed by atoms with E-state index < -0.39 is 15.8 Å². The van der Waals surface area contributed by atoms with Gasteiger partial charge in [-0.2, -0.15) is 0 Å². The van der Waals surface area contributed by atoms with E-state index in [2.05, 4.69) is 121 Å². The Labute approximate surface area is 202 Å². The quantitative estimate of drug-likeness (QED) is 0.205. The molecule has 0 amide bonds. The molecule has 31 heavy (non-hydrogen) atoms. The summed E-state index contributed by atoms with van der Waals surface area (Å²) in [5.74, 6) is 0. The molecule has 0 aliphatic rings. The fourth-order valence-corrected chi connectivity index (χ4v) is 9.71. The van der Waals surface area contributed by atoms with E-state index in [-0.39, 0.29) is 17.0 Å². The molecule has 0 fully saturated rings. The minimum atomic E-state index is -0.537. The van der Waals surface area contributed by atoms with Crippen LogP contribution in [0.5, 0.6) is 0 Å². The van der Waals surface area contributed by atoms with Crippen molar-refractivity contribution in [3.63, 3.8) is 0 Å². The van der Waals surface area contributed by atoms with Crippen LogP contribution >= 0.6 is 28.3 Å². The van der Waals surface area contributed by atoms with Gasteiger partial charge >= 0.3 is 191 Å². The summed E-state index contributed by atoms with van der Waals surface area (Å²) in [6, 6.07) is 43.7. The zero-order valence-electron chi connectivity index (χ0n) is 17.2. The summed E-state index contributed by atoms with van der Waals surface area (Å²) >= 11 is 5.81. The Hall–Kier alpha value is -1.48. The Balaban J connectivity index is 0.00000272. The Morgan fingerprint density at radius 1 is 0.516 bits per heavy atom. The topological polar surface area (TPSA) is 0 Å². The average Bonchev–Trinajstić information content (AvgIpc) is 2.82. The maximum absolute atomic E-state index is 5.81. The Morgan fingerprint density at radius 3 is 1.19 bits per heavy atom. The first-order chi connectivity index (χ1) is 14.8.